The van der Waals surface area contributed by atoms with Gasteiger partial charge in [-0.25, -0.2) is 0 Å². The first-order valence-corrected chi connectivity index (χ1v) is 24.6. The van der Waals surface area contributed by atoms with E-state index in [1.165, 1.54) is 55.3 Å². The molecule has 1 spiro atoms. The Morgan fingerprint density at radius 3 is 2.44 bits per heavy atom. The van der Waals surface area contributed by atoms with Crippen LogP contribution in [0, 0.1) is 17.3 Å². The number of hydrogen-bond donors (Lipinski definition) is 0. The Morgan fingerprint density at radius 1 is 0.667 bits per heavy atom. The van der Waals surface area contributed by atoms with Gasteiger partial charge in [0.25, 0.3) is 0 Å². The number of nitrogens with zero attached hydrogens (tertiary/aromatic N) is 1. The summed E-state index contributed by atoms with van der Waals surface area (Å²) in [5.41, 5.74) is 21.1. The first-order chi connectivity index (χ1) is 32.6. The van der Waals surface area contributed by atoms with Crippen molar-refractivity contribution in [3.63, 3.8) is 0 Å². The Balaban J connectivity index is 0.874. The molecule has 8 aliphatic carbocycles. The fourth-order valence-electron chi connectivity index (χ4n) is 13.7. The van der Waals surface area contributed by atoms with Crippen LogP contribution in [-0.4, -0.2) is 6.10 Å². The fraction of sp³-hybridized carbons (Fsp3) is 0.219. The van der Waals surface area contributed by atoms with Crippen LogP contribution in [0.5, 0.6) is 5.75 Å². The average Bonchev–Trinajstić information content (AvgIpc) is 4.01. The molecular weight excluding hydrogens is 799 g/mol. The van der Waals surface area contributed by atoms with Crippen LogP contribution in [0.2, 0.25) is 0 Å². The number of rotatable bonds is 5. The number of ether oxygens (including phenoxy) is 1. The molecule has 5 aromatic carbocycles. The van der Waals surface area contributed by atoms with Crippen molar-refractivity contribution in [1.29, 1.82) is 0 Å². The molecule has 0 N–H and O–H groups in total. The Labute approximate surface area is 389 Å². The minimum absolute atomic E-state index is 0.0158. The van der Waals surface area contributed by atoms with E-state index < -0.39 is 0 Å². The Bertz CT molecular complexity index is 3280. The largest absolute Gasteiger partial charge is 0.483 e. The van der Waals surface area contributed by atoms with Crippen LogP contribution in [-0.2, 0) is 0 Å². The molecule has 0 aromatic heterocycles. The third kappa shape index (κ3) is 5.60. The summed E-state index contributed by atoms with van der Waals surface area (Å²) < 4.78 is 6.81. The minimum atomic E-state index is -0.107. The number of hydrogen-bond acceptors (Lipinski definition) is 2. The third-order valence-corrected chi connectivity index (χ3v) is 16.7. The molecule has 7 unspecified atom stereocenters. The van der Waals surface area contributed by atoms with Gasteiger partial charge >= 0.3 is 0 Å². The second-order valence-electron chi connectivity index (χ2n) is 20.0. The van der Waals surface area contributed by atoms with Crippen LogP contribution in [0.1, 0.15) is 91.0 Å². The number of para-hydroxylation sites is 1. The number of benzene rings is 5. The molecule has 0 bridgehead atoms. The fourth-order valence-corrected chi connectivity index (χ4v) is 13.7. The smallest absolute Gasteiger partial charge is 0.148 e. The van der Waals surface area contributed by atoms with Gasteiger partial charge < -0.3 is 9.64 Å². The summed E-state index contributed by atoms with van der Waals surface area (Å²) in [7, 11) is 0. The molecule has 2 heteroatoms. The first-order valence-electron chi connectivity index (χ1n) is 24.6. The van der Waals surface area contributed by atoms with Crippen LogP contribution in [0.25, 0.3) is 22.4 Å². The van der Waals surface area contributed by atoms with Crippen LogP contribution in [0.4, 0.5) is 17.1 Å². The Morgan fingerprint density at radius 2 is 1.52 bits per heavy atom. The van der Waals surface area contributed by atoms with E-state index in [0.717, 1.165) is 61.3 Å². The van der Waals surface area contributed by atoms with Crippen LogP contribution >= 0.6 is 0 Å². The highest BCUT2D eigenvalue weighted by Gasteiger charge is 2.60. The van der Waals surface area contributed by atoms with Gasteiger partial charge in [-0.2, -0.15) is 0 Å². The highest BCUT2D eigenvalue weighted by atomic mass is 16.5. The first kappa shape index (κ1) is 38.4. The summed E-state index contributed by atoms with van der Waals surface area (Å²) in [6, 6.07) is 39.0. The Kier molecular flexibility index (Phi) is 8.61. The average molecular weight is 852 g/mol. The zero-order valence-corrected chi connectivity index (χ0v) is 37.5. The van der Waals surface area contributed by atoms with Gasteiger partial charge in [0.05, 0.1) is 5.69 Å². The van der Waals surface area contributed by atoms with Crippen LogP contribution in [0.15, 0.2) is 222 Å². The molecule has 9 aliphatic rings. The summed E-state index contributed by atoms with van der Waals surface area (Å²) >= 11 is 0. The summed E-state index contributed by atoms with van der Waals surface area (Å²) in [5.74, 6) is 2.86. The quantitative estimate of drug-likeness (QED) is 0.175. The zero-order valence-electron chi connectivity index (χ0n) is 37.5. The lowest BCUT2D eigenvalue weighted by molar-refractivity contribution is 0.269. The van der Waals surface area contributed by atoms with Gasteiger partial charge in [-0.1, -0.05) is 164 Å². The van der Waals surface area contributed by atoms with Crippen molar-refractivity contribution in [3.8, 4) is 5.75 Å². The van der Waals surface area contributed by atoms with E-state index in [9.17, 15) is 0 Å². The predicted octanol–water partition coefficient (Wildman–Crippen LogP) is 16.3. The second-order valence-corrected chi connectivity index (χ2v) is 20.0. The van der Waals surface area contributed by atoms with Gasteiger partial charge in [0.15, 0.2) is 0 Å². The van der Waals surface area contributed by atoms with E-state index >= 15 is 0 Å². The van der Waals surface area contributed by atoms with Crippen molar-refractivity contribution < 1.29 is 4.74 Å². The second kappa shape index (κ2) is 14.8. The van der Waals surface area contributed by atoms with E-state index in [1.807, 2.05) is 0 Å². The molecule has 7 atom stereocenters. The van der Waals surface area contributed by atoms with Gasteiger partial charge in [0.2, 0.25) is 0 Å². The van der Waals surface area contributed by atoms with Crippen molar-refractivity contribution in [1.82, 2.24) is 0 Å². The van der Waals surface area contributed by atoms with Crippen molar-refractivity contribution >= 4 is 39.5 Å². The van der Waals surface area contributed by atoms with Crippen LogP contribution in [0.3, 0.4) is 0 Å². The Hall–Kier alpha value is -6.90. The van der Waals surface area contributed by atoms with Gasteiger partial charge in [-0.3, -0.25) is 0 Å². The molecule has 0 fully saturated rings. The predicted molar refractivity (Wildman–Crippen MR) is 273 cm³/mol. The van der Waals surface area contributed by atoms with E-state index in [4.69, 9.17) is 4.74 Å². The zero-order chi connectivity index (χ0) is 43.5. The lowest BCUT2D eigenvalue weighted by Gasteiger charge is -2.42. The van der Waals surface area contributed by atoms with Gasteiger partial charge in [0, 0.05) is 46.0 Å². The molecule has 0 amide bonds. The van der Waals surface area contributed by atoms with E-state index in [1.54, 1.807) is 22.3 Å². The summed E-state index contributed by atoms with van der Waals surface area (Å²) in [5, 5.41) is 2.47. The van der Waals surface area contributed by atoms with Gasteiger partial charge in [0.1, 0.15) is 11.9 Å². The topological polar surface area (TPSA) is 12.5 Å². The molecule has 2 nitrogen and oxygen atoms in total. The monoisotopic (exact) mass is 851 g/mol. The highest BCUT2D eigenvalue weighted by Crippen LogP contribution is 2.71. The molecular formula is C64H53NO. The number of anilines is 3. The molecule has 0 saturated heterocycles. The molecule has 66 heavy (non-hydrogen) atoms. The summed E-state index contributed by atoms with van der Waals surface area (Å²) in [4.78, 5) is 2.41. The van der Waals surface area contributed by atoms with Gasteiger partial charge in [-0.05, 0) is 153 Å². The molecule has 320 valence electrons. The molecule has 0 radical (unpaired) electrons. The lowest BCUT2D eigenvalue weighted by Crippen LogP contribution is -2.34. The maximum Gasteiger partial charge on any atom is 0.148 e. The van der Waals surface area contributed by atoms with Crippen molar-refractivity contribution in [3.05, 3.63) is 249 Å². The van der Waals surface area contributed by atoms with Crippen LogP contribution < -0.4 is 9.64 Å². The lowest BCUT2D eigenvalue weighted by atomic mass is 9.60. The third-order valence-electron chi connectivity index (χ3n) is 16.7. The SMILES string of the molecule is CC1CC=Cc2cc(C3=CC4=C(CC3)C3(C5=CC(c6ccc(N(c7ccc8ccccc8c7)c7cccc8c7OC7C=CC=CC87)cc6)CC=C54)C4=C(C=CCC4)C4C=CC=CC43)ccc21. The summed E-state index contributed by atoms with van der Waals surface area (Å²) in [6.45, 7) is 2.36. The molecule has 0 saturated carbocycles. The van der Waals surface area contributed by atoms with E-state index in [0.29, 0.717) is 17.8 Å². The van der Waals surface area contributed by atoms with Crippen molar-refractivity contribution in [2.75, 3.05) is 4.90 Å². The highest BCUT2D eigenvalue weighted by molar-refractivity contribution is 5.91. The molecule has 5 aromatic rings. The minimum Gasteiger partial charge on any atom is -0.483 e. The molecule has 1 heterocycles. The number of fused-ring (bicyclic) bond motifs is 13. The summed E-state index contributed by atoms with van der Waals surface area (Å²) in [6.07, 6.45) is 42.7. The van der Waals surface area contributed by atoms with Crippen molar-refractivity contribution in [2.24, 2.45) is 17.3 Å². The van der Waals surface area contributed by atoms with Crippen molar-refractivity contribution in [2.45, 2.75) is 69.3 Å². The van der Waals surface area contributed by atoms with E-state index in [2.05, 4.69) is 206 Å². The molecule has 1 aliphatic heterocycles. The standard InChI is InChI=1S/C64H53NO/c1-40-12-10-15-47-36-44(27-33-50(40)47)45-29-35-59-56(38-45)53-34-28-46(39-60(53)64(59)57-20-7-4-16-51(57)52-17-5-8-21-58(52)64)42-24-30-48(31-25-42)65(49-32-26-41-13-2-3-14-43(41)37-49)61-22-11-19-55-54-18-6-9-23-62(54)66-63(55)61/h2-7,9-11,13-20,22-27,30-34,36-40,46,51,54,57,62H,8,12,21,28-29,35H2,1H3. The van der Waals surface area contributed by atoms with Gasteiger partial charge in [-0.15, -0.1) is 0 Å². The van der Waals surface area contributed by atoms with E-state index in [-0.39, 0.29) is 23.4 Å². The maximum absolute atomic E-state index is 6.81. The normalized spacial score (nSPS) is 28.0. The number of allylic oxidation sites excluding steroid dienone is 19. The maximum atomic E-state index is 6.81. The molecule has 14 rings (SSSR count).